The Bertz CT molecular complexity index is 1100. The predicted molar refractivity (Wildman–Crippen MR) is 108 cm³/mol. The normalized spacial score (nSPS) is 11.2. The van der Waals surface area contributed by atoms with Crippen LogP contribution in [-0.2, 0) is 7.05 Å². The van der Waals surface area contributed by atoms with Crippen molar-refractivity contribution in [3.8, 4) is 11.3 Å². The molecule has 0 bridgehead atoms. The lowest BCUT2D eigenvalue weighted by atomic mass is 10.0. The summed E-state index contributed by atoms with van der Waals surface area (Å²) in [6.45, 7) is 6.10. The van der Waals surface area contributed by atoms with Gasteiger partial charge in [0, 0.05) is 23.4 Å². The lowest BCUT2D eigenvalue weighted by molar-refractivity contribution is 0.103. The van der Waals surface area contributed by atoms with E-state index >= 15 is 0 Å². The Labute approximate surface area is 159 Å². The molecule has 4 aromatic rings. The number of aryl methyl sites for hydroxylation is 4. The Morgan fingerprint density at radius 3 is 2.73 bits per heavy atom. The summed E-state index contributed by atoms with van der Waals surface area (Å²) in [5.74, 6) is -0.132. The van der Waals surface area contributed by atoms with Crippen LogP contribution >= 0.6 is 22.7 Å². The summed E-state index contributed by atoms with van der Waals surface area (Å²) >= 11 is 2.88. The Hall–Kier alpha value is -2.51. The third-order valence-corrected chi connectivity index (χ3v) is 6.26. The van der Waals surface area contributed by atoms with Gasteiger partial charge in [-0.15, -0.1) is 22.7 Å². The quantitative estimate of drug-likeness (QED) is 0.546. The number of rotatable bonds is 3. The van der Waals surface area contributed by atoms with Crippen LogP contribution in [-0.4, -0.2) is 20.7 Å². The van der Waals surface area contributed by atoms with Crippen molar-refractivity contribution >= 4 is 43.9 Å². The molecule has 0 atom stereocenters. The second-order valence-electron chi connectivity index (χ2n) is 6.35. The first-order valence-corrected chi connectivity index (χ1v) is 9.89. The van der Waals surface area contributed by atoms with Gasteiger partial charge in [-0.2, -0.15) is 5.10 Å². The van der Waals surface area contributed by atoms with E-state index in [1.807, 2.05) is 30.1 Å². The minimum Gasteiger partial charge on any atom is -0.297 e. The van der Waals surface area contributed by atoms with E-state index in [1.54, 1.807) is 0 Å². The highest BCUT2D eigenvalue weighted by Gasteiger charge is 2.16. The molecule has 3 aromatic heterocycles. The van der Waals surface area contributed by atoms with Crippen LogP contribution in [0.3, 0.4) is 0 Å². The second kappa shape index (κ2) is 6.34. The van der Waals surface area contributed by atoms with E-state index in [-0.39, 0.29) is 5.91 Å². The minimum absolute atomic E-state index is 0.132. The van der Waals surface area contributed by atoms with Gasteiger partial charge in [-0.25, -0.2) is 4.98 Å². The number of carbonyl (C=O) groups is 1. The maximum Gasteiger partial charge on any atom is 0.267 e. The average molecular weight is 383 g/mol. The van der Waals surface area contributed by atoms with Crippen molar-refractivity contribution in [2.75, 3.05) is 5.32 Å². The number of amides is 1. The van der Waals surface area contributed by atoms with Crippen LogP contribution in [0.4, 0.5) is 5.13 Å². The number of hydrogen-bond acceptors (Lipinski definition) is 5. The number of nitrogens with one attached hydrogen (secondary N) is 1. The van der Waals surface area contributed by atoms with Crippen molar-refractivity contribution in [2.45, 2.75) is 20.8 Å². The van der Waals surface area contributed by atoms with E-state index in [1.165, 1.54) is 33.8 Å². The molecule has 0 saturated heterocycles. The Kier molecular flexibility index (Phi) is 4.13. The number of hydrogen-bond donors (Lipinski definition) is 1. The van der Waals surface area contributed by atoms with E-state index in [0.29, 0.717) is 10.0 Å². The molecule has 0 fully saturated rings. The monoisotopic (exact) mass is 382 g/mol. The highest BCUT2D eigenvalue weighted by molar-refractivity contribution is 7.20. The van der Waals surface area contributed by atoms with Crippen molar-refractivity contribution < 1.29 is 4.79 Å². The van der Waals surface area contributed by atoms with Crippen LogP contribution in [0.15, 0.2) is 29.6 Å². The molecule has 0 radical (unpaired) electrons. The van der Waals surface area contributed by atoms with Crippen molar-refractivity contribution in [3.63, 3.8) is 0 Å². The minimum atomic E-state index is -0.132. The van der Waals surface area contributed by atoms with Gasteiger partial charge in [-0.3, -0.25) is 14.8 Å². The third-order valence-electron chi connectivity index (χ3n) is 4.30. The van der Waals surface area contributed by atoms with Crippen LogP contribution in [0, 0.1) is 20.8 Å². The maximum absolute atomic E-state index is 12.6. The van der Waals surface area contributed by atoms with Gasteiger partial charge in [0.25, 0.3) is 5.91 Å². The fourth-order valence-electron chi connectivity index (χ4n) is 3.03. The topological polar surface area (TPSA) is 59.8 Å². The first-order chi connectivity index (χ1) is 12.4. The molecule has 1 amide bonds. The summed E-state index contributed by atoms with van der Waals surface area (Å²) in [6.07, 6.45) is 0. The number of benzene rings is 1. The molecule has 4 rings (SSSR count). The number of carbonyl (C=O) groups excluding carboxylic acids is 1. The van der Waals surface area contributed by atoms with Gasteiger partial charge in [0.05, 0.1) is 16.3 Å². The maximum atomic E-state index is 12.6. The zero-order valence-electron chi connectivity index (χ0n) is 15.0. The van der Waals surface area contributed by atoms with Crippen LogP contribution in [0.5, 0.6) is 0 Å². The SMILES string of the molecule is Cc1ccc(-c2csc(NC(=O)c3cc4c(C)nn(C)c4s3)n2)c(C)c1. The van der Waals surface area contributed by atoms with Crippen LogP contribution in [0.25, 0.3) is 21.5 Å². The lowest BCUT2D eigenvalue weighted by Gasteiger charge is -2.03. The smallest absolute Gasteiger partial charge is 0.267 e. The largest absolute Gasteiger partial charge is 0.297 e. The molecule has 0 unspecified atom stereocenters. The van der Waals surface area contributed by atoms with Crippen LogP contribution in [0.1, 0.15) is 26.5 Å². The number of thiophene rings is 1. The molecular formula is C19H18N4OS2. The number of thiazole rings is 1. The van der Waals surface area contributed by atoms with Gasteiger partial charge in [0.1, 0.15) is 4.83 Å². The highest BCUT2D eigenvalue weighted by Crippen LogP contribution is 2.30. The van der Waals surface area contributed by atoms with Crippen LogP contribution in [0.2, 0.25) is 0 Å². The lowest BCUT2D eigenvalue weighted by Crippen LogP contribution is -2.09. The summed E-state index contributed by atoms with van der Waals surface area (Å²) in [5, 5.41) is 10.9. The fraction of sp³-hybridized carbons (Fsp3) is 0.211. The molecule has 0 aliphatic rings. The predicted octanol–water partition coefficient (Wildman–Crippen LogP) is 4.94. The van der Waals surface area contributed by atoms with E-state index in [4.69, 9.17) is 0 Å². The number of anilines is 1. The molecule has 132 valence electrons. The van der Waals surface area contributed by atoms with Crippen molar-refractivity contribution in [3.05, 3.63) is 51.3 Å². The van der Waals surface area contributed by atoms with Crippen LogP contribution < -0.4 is 5.32 Å². The van der Waals surface area contributed by atoms with Gasteiger partial charge < -0.3 is 0 Å². The summed E-state index contributed by atoms with van der Waals surface area (Å²) in [5.41, 5.74) is 5.32. The molecule has 5 nitrogen and oxygen atoms in total. The van der Waals surface area contributed by atoms with Gasteiger partial charge >= 0.3 is 0 Å². The van der Waals surface area contributed by atoms with E-state index in [0.717, 1.165) is 27.2 Å². The van der Waals surface area contributed by atoms with Crippen molar-refractivity contribution in [1.29, 1.82) is 0 Å². The Balaban J connectivity index is 1.58. The Morgan fingerprint density at radius 1 is 1.19 bits per heavy atom. The Morgan fingerprint density at radius 2 is 2.00 bits per heavy atom. The number of aromatic nitrogens is 3. The molecular weight excluding hydrogens is 364 g/mol. The molecule has 0 aliphatic carbocycles. The van der Waals surface area contributed by atoms with Gasteiger partial charge in [0.15, 0.2) is 5.13 Å². The standard InChI is InChI=1S/C19H18N4OS2/c1-10-5-6-13(11(2)7-10)15-9-25-19(20-15)21-17(24)16-8-14-12(3)22-23(4)18(14)26-16/h5-9H,1-4H3,(H,20,21,24). The van der Waals surface area contributed by atoms with Crippen molar-refractivity contribution in [1.82, 2.24) is 14.8 Å². The first kappa shape index (κ1) is 16.9. The molecule has 7 heteroatoms. The van der Waals surface area contributed by atoms with Crippen molar-refractivity contribution in [2.24, 2.45) is 7.05 Å². The molecule has 26 heavy (non-hydrogen) atoms. The third kappa shape index (κ3) is 2.93. The summed E-state index contributed by atoms with van der Waals surface area (Å²) in [6, 6.07) is 8.19. The van der Waals surface area contributed by atoms with Gasteiger partial charge in [0.2, 0.25) is 0 Å². The molecule has 1 aromatic carbocycles. The average Bonchev–Trinajstić information content (AvgIpc) is 3.26. The van der Waals surface area contributed by atoms with E-state index in [9.17, 15) is 4.79 Å². The number of fused-ring (bicyclic) bond motifs is 1. The molecule has 3 heterocycles. The van der Waals surface area contributed by atoms with E-state index < -0.39 is 0 Å². The van der Waals surface area contributed by atoms with E-state index in [2.05, 4.69) is 47.4 Å². The second-order valence-corrected chi connectivity index (χ2v) is 8.24. The van der Waals surface area contributed by atoms with Gasteiger partial charge in [-0.1, -0.05) is 23.8 Å². The molecule has 0 aliphatic heterocycles. The highest BCUT2D eigenvalue weighted by atomic mass is 32.1. The molecule has 0 spiro atoms. The molecule has 0 saturated carbocycles. The summed E-state index contributed by atoms with van der Waals surface area (Å²) < 4.78 is 1.81. The zero-order chi connectivity index (χ0) is 18.4. The number of nitrogens with zero attached hydrogens (tertiary/aromatic N) is 3. The fourth-order valence-corrected chi connectivity index (χ4v) is 4.76. The zero-order valence-corrected chi connectivity index (χ0v) is 16.6. The first-order valence-electron chi connectivity index (χ1n) is 8.20. The summed E-state index contributed by atoms with van der Waals surface area (Å²) in [7, 11) is 1.89. The summed E-state index contributed by atoms with van der Waals surface area (Å²) in [4.78, 5) is 18.9. The molecule has 1 N–H and O–H groups in total. The van der Waals surface area contributed by atoms with Gasteiger partial charge in [-0.05, 0) is 32.4 Å².